The molecule has 0 saturated carbocycles. The van der Waals surface area contributed by atoms with Crippen LogP contribution < -0.4 is 11.5 Å². The van der Waals surface area contributed by atoms with E-state index in [9.17, 15) is 0 Å². The zero-order valence-corrected chi connectivity index (χ0v) is 12.3. The first-order valence-corrected chi connectivity index (χ1v) is 7.42. The summed E-state index contributed by atoms with van der Waals surface area (Å²) in [5.41, 5.74) is 15.2. The molecule has 0 heterocycles. The molecule has 4 heteroatoms. The maximum absolute atomic E-state index is 5.91. The molecule has 1 aromatic carbocycles. The first kappa shape index (κ1) is 15.4. The second-order valence-electron chi connectivity index (χ2n) is 5.48. The van der Waals surface area contributed by atoms with Crippen LogP contribution in [0.5, 0.6) is 0 Å². The van der Waals surface area contributed by atoms with Gasteiger partial charge in [0.15, 0.2) is 0 Å². The summed E-state index contributed by atoms with van der Waals surface area (Å²) in [5, 5.41) is 0. The van der Waals surface area contributed by atoms with Crippen LogP contribution in [0.3, 0.4) is 0 Å². The summed E-state index contributed by atoms with van der Waals surface area (Å²) in [5.74, 6) is 0.528. The van der Waals surface area contributed by atoms with Gasteiger partial charge in [0.1, 0.15) is 6.79 Å². The molecule has 4 N–H and O–H groups in total. The number of ether oxygens (including phenoxy) is 2. The maximum atomic E-state index is 5.91. The molecule has 0 aromatic heterocycles. The zero-order valence-electron chi connectivity index (χ0n) is 12.3. The van der Waals surface area contributed by atoms with Gasteiger partial charge in [0.05, 0.1) is 6.10 Å². The van der Waals surface area contributed by atoms with Gasteiger partial charge in [0.2, 0.25) is 0 Å². The number of fused-ring (bicyclic) bond motifs is 1. The summed E-state index contributed by atoms with van der Waals surface area (Å²) in [7, 11) is 1.66. The highest BCUT2D eigenvalue weighted by Crippen LogP contribution is 2.41. The minimum Gasteiger partial charge on any atom is -0.359 e. The molecule has 2 atom stereocenters. The molecular weight excluding hydrogens is 252 g/mol. The van der Waals surface area contributed by atoms with E-state index < -0.39 is 0 Å². The number of nitrogens with two attached hydrogens (primary N) is 2. The molecule has 0 spiro atoms. The fourth-order valence-corrected chi connectivity index (χ4v) is 3.06. The van der Waals surface area contributed by atoms with Gasteiger partial charge in [-0.3, -0.25) is 0 Å². The van der Waals surface area contributed by atoms with E-state index in [4.69, 9.17) is 20.9 Å². The smallest absolute Gasteiger partial charge is 0.147 e. The molecule has 0 aliphatic heterocycles. The van der Waals surface area contributed by atoms with Crippen molar-refractivity contribution in [2.75, 3.05) is 20.4 Å². The van der Waals surface area contributed by atoms with Crippen molar-refractivity contribution in [1.29, 1.82) is 0 Å². The van der Waals surface area contributed by atoms with Crippen molar-refractivity contribution >= 4 is 0 Å². The quantitative estimate of drug-likeness (QED) is 0.564. The zero-order chi connectivity index (χ0) is 14.4. The Hall–Kier alpha value is -0.940. The van der Waals surface area contributed by atoms with E-state index in [1.54, 1.807) is 7.11 Å². The number of hydrogen-bond donors (Lipinski definition) is 2. The van der Waals surface area contributed by atoms with Gasteiger partial charge in [0, 0.05) is 13.7 Å². The highest BCUT2D eigenvalue weighted by atomic mass is 16.7. The number of methoxy groups -OCH3 is 1. The molecular formula is C16H26N2O2. The number of benzene rings is 1. The van der Waals surface area contributed by atoms with Gasteiger partial charge in [-0.25, -0.2) is 0 Å². The van der Waals surface area contributed by atoms with Gasteiger partial charge in [0.25, 0.3) is 0 Å². The molecule has 2 unspecified atom stereocenters. The minimum atomic E-state index is 0.148. The van der Waals surface area contributed by atoms with E-state index in [-0.39, 0.29) is 6.10 Å². The van der Waals surface area contributed by atoms with Crippen LogP contribution in [0.15, 0.2) is 18.2 Å². The van der Waals surface area contributed by atoms with Crippen LogP contribution in [-0.4, -0.2) is 20.4 Å². The number of unbranched alkanes of at least 4 members (excludes halogenated alkanes) is 1. The molecule has 0 radical (unpaired) electrons. The first-order chi connectivity index (χ1) is 9.80. The van der Waals surface area contributed by atoms with Crippen molar-refractivity contribution in [3.63, 3.8) is 0 Å². The summed E-state index contributed by atoms with van der Waals surface area (Å²) < 4.78 is 11.0. The lowest BCUT2D eigenvalue weighted by molar-refractivity contribution is -0.0899. The number of rotatable bonds is 8. The van der Waals surface area contributed by atoms with Gasteiger partial charge < -0.3 is 20.9 Å². The van der Waals surface area contributed by atoms with Crippen molar-refractivity contribution in [3.8, 4) is 0 Å². The van der Waals surface area contributed by atoms with Crippen molar-refractivity contribution in [1.82, 2.24) is 0 Å². The van der Waals surface area contributed by atoms with E-state index in [1.165, 1.54) is 16.7 Å². The van der Waals surface area contributed by atoms with Crippen LogP contribution in [0.25, 0.3) is 0 Å². The first-order valence-electron chi connectivity index (χ1n) is 7.42. The van der Waals surface area contributed by atoms with Crippen molar-refractivity contribution in [3.05, 3.63) is 34.9 Å². The Morgan fingerprint density at radius 3 is 2.80 bits per heavy atom. The fourth-order valence-electron chi connectivity index (χ4n) is 3.06. The summed E-state index contributed by atoms with van der Waals surface area (Å²) in [4.78, 5) is 0. The van der Waals surface area contributed by atoms with E-state index in [2.05, 4.69) is 18.2 Å². The summed E-state index contributed by atoms with van der Waals surface area (Å²) in [6, 6.07) is 6.49. The topological polar surface area (TPSA) is 70.5 Å². The van der Waals surface area contributed by atoms with Crippen LogP contribution in [0.1, 0.15) is 42.1 Å². The van der Waals surface area contributed by atoms with Gasteiger partial charge in [-0.15, -0.1) is 0 Å². The third-order valence-corrected chi connectivity index (χ3v) is 4.05. The minimum absolute atomic E-state index is 0.148. The SMILES string of the molecule is COCOC1c2ccc(CN)cc2CC1CCCCN. The predicted molar refractivity (Wildman–Crippen MR) is 80.1 cm³/mol. The van der Waals surface area contributed by atoms with Gasteiger partial charge in [-0.1, -0.05) is 24.6 Å². The molecule has 2 rings (SSSR count). The van der Waals surface area contributed by atoms with Gasteiger partial charge in [-0.2, -0.15) is 0 Å². The summed E-state index contributed by atoms with van der Waals surface area (Å²) in [6.07, 6.45) is 4.61. The Morgan fingerprint density at radius 1 is 1.25 bits per heavy atom. The Balaban J connectivity index is 2.09. The van der Waals surface area contributed by atoms with Crippen molar-refractivity contribution < 1.29 is 9.47 Å². The maximum Gasteiger partial charge on any atom is 0.147 e. The molecule has 0 fully saturated rings. The molecule has 4 nitrogen and oxygen atoms in total. The highest BCUT2D eigenvalue weighted by Gasteiger charge is 2.32. The Morgan fingerprint density at radius 2 is 2.10 bits per heavy atom. The summed E-state index contributed by atoms with van der Waals surface area (Å²) in [6.45, 7) is 1.70. The monoisotopic (exact) mass is 278 g/mol. The largest absolute Gasteiger partial charge is 0.359 e. The van der Waals surface area contributed by atoms with E-state index in [1.807, 2.05) is 0 Å². The van der Waals surface area contributed by atoms with Crippen LogP contribution in [0, 0.1) is 5.92 Å². The molecule has 1 aromatic rings. The predicted octanol–water partition coefficient (Wildman–Crippen LogP) is 2.11. The lowest BCUT2D eigenvalue weighted by Gasteiger charge is -2.20. The average Bonchev–Trinajstić information content (AvgIpc) is 2.82. The molecule has 0 saturated heterocycles. The summed E-state index contributed by atoms with van der Waals surface area (Å²) >= 11 is 0. The third kappa shape index (κ3) is 3.58. The van der Waals surface area contributed by atoms with E-state index in [0.29, 0.717) is 19.3 Å². The molecule has 112 valence electrons. The standard InChI is InChI=1S/C16H26N2O2/c1-19-11-20-16-13(4-2-3-7-17)9-14-8-12(10-18)5-6-15(14)16/h5-6,8,13,16H,2-4,7,9-11,17-18H2,1H3. The third-order valence-electron chi connectivity index (χ3n) is 4.05. The molecule has 20 heavy (non-hydrogen) atoms. The van der Waals surface area contributed by atoms with Crippen LogP contribution in [0.2, 0.25) is 0 Å². The lowest BCUT2D eigenvalue weighted by atomic mass is 9.96. The lowest BCUT2D eigenvalue weighted by Crippen LogP contribution is -2.14. The molecule has 0 amide bonds. The molecule has 1 aliphatic carbocycles. The normalized spacial score (nSPS) is 21.1. The van der Waals surface area contributed by atoms with Crippen molar-refractivity contribution in [2.45, 2.75) is 38.3 Å². The Labute approximate surface area is 121 Å². The molecule has 1 aliphatic rings. The second-order valence-corrected chi connectivity index (χ2v) is 5.48. The van der Waals surface area contributed by atoms with Crippen LogP contribution in [0.4, 0.5) is 0 Å². The van der Waals surface area contributed by atoms with Crippen molar-refractivity contribution in [2.24, 2.45) is 17.4 Å². The Kier molecular flexibility index (Phi) is 5.98. The van der Waals surface area contributed by atoms with Crippen LogP contribution >= 0.6 is 0 Å². The van der Waals surface area contributed by atoms with E-state index >= 15 is 0 Å². The fraction of sp³-hybridized carbons (Fsp3) is 0.625. The average molecular weight is 278 g/mol. The van der Waals surface area contributed by atoms with E-state index in [0.717, 1.165) is 32.2 Å². The number of hydrogen-bond acceptors (Lipinski definition) is 4. The van der Waals surface area contributed by atoms with Gasteiger partial charge in [-0.05, 0) is 48.4 Å². The highest BCUT2D eigenvalue weighted by molar-refractivity contribution is 5.38. The molecule has 0 bridgehead atoms. The van der Waals surface area contributed by atoms with Gasteiger partial charge >= 0.3 is 0 Å². The second kappa shape index (κ2) is 7.74. The Bertz CT molecular complexity index is 423. The van der Waals surface area contributed by atoms with Crippen LogP contribution in [-0.2, 0) is 22.4 Å².